The maximum Gasteiger partial charge on any atom is 0.307 e. The number of amides is 1. The van der Waals surface area contributed by atoms with Gasteiger partial charge in [-0.25, -0.2) is 0 Å². The van der Waals surface area contributed by atoms with Crippen LogP contribution in [0.15, 0.2) is 0 Å². The second-order valence-corrected chi connectivity index (χ2v) is 5.78. The normalized spacial score (nSPS) is 24.0. The average Bonchev–Trinajstić information content (AvgIpc) is 2.34. The van der Waals surface area contributed by atoms with Crippen LogP contribution in [0.5, 0.6) is 0 Å². The van der Waals surface area contributed by atoms with Gasteiger partial charge in [0, 0.05) is 13.6 Å². The van der Waals surface area contributed by atoms with Gasteiger partial charge in [0.1, 0.15) is 0 Å². The van der Waals surface area contributed by atoms with E-state index in [4.69, 9.17) is 0 Å². The molecule has 1 aliphatic rings. The van der Waals surface area contributed by atoms with E-state index in [9.17, 15) is 14.7 Å². The molecule has 0 bridgehead atoms. The van der Waals surface area contributed by atoms with Crippen LogP contribution in [0.2, 0.25) is 0 Å². The van der Waals surface area contributed by atoms with E-state index >= 15 is 0 Å². The van der Waals surface area contributed by atoms with Crippen LogP contribution in [-0.4, -0.2) is 35.5 Å². The summed E-state index contributed by atoms with van der Waals surface area (Å²) in [5.74, 6) is -1.03. The van der Waals surface area contributed by atoms with Crippen molar-refractivity contribution < 1.29 is 14.7 Å². The lowest BCUT2D eigenvalue weighted by Crippen LogP contribution is -2.41. The van der Waals surface area contributed by atoms with Gasteiger partial charge in [-0.1, -0.05) is 26.7 Å². The molecule has 2 atom stereocenters. The van der Waals surface area contributed by atoms with Crippen LogP contribution in [0.4, 0.5) is 0 Å². The third-order valence-electron chi connectivity index (χ3n) is 3.82. The topological polar surface area (TPSA) is 57.6 Å². The molecule has 0 aromatic carbocycles. The Morgan fingerprint density at radius 1 is 1.22 bits per heavy atom. The maximum atomic E-state index is 12.3. The van der Waals surface area contributed by atoms with Gasteiger partial charge in [0.15, 0.2) is 0 Å². The second kappa shape index (κ2) is 6.76. The Balaban J connectivity index is 2.59. The fourth-order valence-electron chi connectivity index (χ4n) is 2.57. The fourth-order valence-corrected chi connectivity index (χ4v) is 2.57. The number of nitrogens with zero attached hydrogens (tertiary/aromatic N) is 1. The van der Waals surface area contributed by atoms with Crippen molar-refractivity contribution in [2.75, 3.05) is 13.6 Å². The van der Waals surface area contributed by atoms with Crippen LogP contribution < -0.4 is 0 Å². The molecular formula is C14H25NO3. The Labute approximate surface area is 109 Å². The predicted molar refractivity (Wildman–Crippen MR) is 70.2 cm³/mol. The first kappa shape index (κ1) is 15.0. The largest absolute Gasteiger partial charge is 0.481 e. The van der Waals surface area contributed by atoms with Crippen LogP contribution in [0.1, 0.15) is 46.0 Å². The van der Waals surface area contributed by atoms with Gasteiger partial charge in [0.2, 0.25) is 5.91 Å². The van der Waals surface area contributed by atoms with Crippen LogP contribution in [0.3, 0.4) is 0 Å². The molecule has 4 nitrogen and oxygen atoms in total. The number of carbonyl (C=O) groups is 2. The number of carboxylic acid groups (broad SMARTS) is 1. The quantitative estimate of drug-likeness (QED) is 0.820. The molecule has 4 heteroatoms. The van der Waals surface area contributed by atoms with Crippen molar-refractivity contribution in [3.05, 3.63) is 0 Å². The molecule has 1 saturated carbocycles. The number of aliphatic carboxylic acids is 1. The summed E-state index contributed by atoms with van der Waals surface area (Å²) in [7, 11) is 1.79. The van der Waals surface area contributed by atoms with Crippen molar-refractivity contribution in [1.29, 1.82) is 0 Å². The molecule has 0 unspecified atom stereocenters. The maximum absolute atomic E-state index is 12.3. The van der Waals surface area contributed by atoms with E-state index in [2.05, 4.69) is 13.8 Å². The third kappa shape index (κ3) is 4.00. The zero-order chi connectivity index (χ0) is 13.7. The van der Waals surface area contributed by atoms with Gasteiger partial charge >= 0.3 is 5.97 Å². The van der Waals surface area contributed by atoms with Gasteiger partial charge in [0.25, 0.3) is 0 Å². The van der Waals surface area contributed by atoms with Gasteiger partial charge < -0.3 is 10.0 Å². The summed E-state index contributed by atoms with van der Waals surface area (Å²) in [5, 5.41) is 9.19. The SMILES string of the molecule is CC(C)CCN(C)C(=O)[C@@H]1CCCC[C@@H]1C(=O)O. The molecule has 0 aromatic rings. The van der Waals surface area contributed by atoms with Gasteiger partial charge in [0.05, 0.1) is 11.8 Å². The third-order valence-corrected chi connectivity index (χ3v) is 3.82. The summed E-state index contributed by atoms with van der Waals surface area (Å²) in [6.45, 7) is 4.97. The van der Waals surface area contributed by atoms with E-state index in [-0.39, 0.29) is 11.8 Å². The van der Waals surface area contributed by atoms with Gasteiger partial charge in [-0.3, -0.25) is 9.59 Å². The van der Waals surface area contributed by atoms with Crippen molar-refractivity contribution in [3.8, 4) is 0 Å². The van der Waals surface area contributed by atoms with Gasteiger partial charge in [-0.15, -0.1) is 0 Å². The first-order valence-corrected chi connectivity index (χ1v) is 6.91. The summed E-state index contributed by atoms with van der Waals surface area (Å²) in [6, 6.07) is 0. The lowest BCUT2D eigenvalue weighted by Gasteiger charge is -2.31. The minimum absolute atomic E-state index is 0.0164. The molecule has 0 aromatic heterocycles. The molecule has 0 radical (unpaired) electrons. The zero-order valence-electron chi connectivity index (χ0n) is 11.7. The first-order valence-electron chi connectivity index (χ1n) is 6.91. The van der Waals surface area contributed by atoms with Crippen molar-refractivity contribution in [2.45, 2.75) is 46.0 Å². The summed E-state index contributed by atoms with van der Waals surface area (Å²) in [6.07, 6.45) is 4.23. The van der Waals surface area contributed by atoms with Crippen LogP contribution >= 0.6 is 0 Å². The first-order chi connectivity index (χ1) is 8.43. The van der Waals surface area contributed by atoms with E-state index < -0.39 is 11.9 Å². The van der Waals surface area contributed by atoms with E-state index in [1.54, 1.807) is 11.9 Å². The molecule has 1 amide bonds. The van der Waals surface area contributed by atoms with E-state index in [1.165, 1.54) is 0 Å². The minimum Gasteiger partial charge on any atom is -0.481 e. The fraction of sp³-hybridized carbons (Fsp3) is 0.857. The summed E-state index contributed by atoms with van der Waals surface area (Å²) in [5.41, 5.74) is 0. The summed E-state index contributed by atoms with van der Waals surface area (Å²) >= 11 is 0. The highest BCUT2D eigenvalue weighted by Crippen LogP contribution is 2.31. The molecule has 0 heterocycles. The van der Waals surface area contributed by atoms with Crippen LogP contribution in [0.25, 0.3) is 0 Å². The molecule has 0 saturated heterocycles. The molecule has 1 N–H and O–H groups in total. The zero-order valence-corrected chi connectivity index (χ0v) is 11.7. The van der Waals surface area contributed by atoms with Crippen LogP contribution in [-0.2, 0) is 9.59 Å². The van der Waals surface area contributed by atoms with Crippen LogP contribution in [0, 0.1) is 17.8 Å². The van der Waals surface area contributed by atoms with Gasteiger partial charge in [-0.2, -0.15) is 0 Å². The number of rotatable bonds is 5. The standard InChI is InChI=1S/C14H25NO3/c1-10(2)8-9-15(3)13(16)11-6-4-5-7-12(11)14(17)18/h10-12H,4-9H2,1-3H3,(H,17,18)/t11-,12+/m1/s1. The van der Waals surface area contributed by atoms with Crippen molar-refractivity contribution in [3.63, 3.8) is 0 Å². The highest BCUT2D eigenvalue weighted by atomic mass is 16.4. The van der Waals surface area contributed by atoms with Crippen molar-refractivity contribution in [1.82, 2.24) is 4.90 Å². The monoisotopic (exact) mass is 255 g/mol. The molecule has 104 valence electrons. The van der Waals surface area contributed by atoms with E-state index in [0.29, 0.717) is 12.3 Å². The smallest absolute Gasteiger partial charge is 0.307 e. The average molecular weight is 255 g/mol. The van der Waals surface area contributed by atoms with Crippen molar-refractivity contribution in [2.24, 2.45) is 17.8 Å². The Kier molecular flexibility index (Phi) is 5.63. The lowest BCUT2D eigenvalue weighted by molar-refractivity contribution is -0.151. The molecular weight excluding hydrogens is 230 g/mol. The Hall–Kier alpha value is -1.06. The summed E-state index contributed by atoms with van der Waals surface area (Å²) < 4.78 is 0. The number of carboxylic acids is 1. The van der Waals surface area contributed by atoms with Crippen molar-refractivity contribution >= 4 is 11.9 Å². The molecule has 1 fully saturated rings. The highest BCUT2D eigenvalue weighted by Gasteiger charge is 2.36. The predicted octanol–water partition coefficient (Wildman–Crippen LogP) is 2.38. The Bertz CT molecular complexity index is 301. The number of hydrogen-bond donors (Lipinski definition) is 1. The molecule has 1 aliphatic carbocycles. The Morgan fingerprint density at radius 3 is 2.28 bits per heavy atom. The molecule has 0 spiro atoms. The lowest BCUT2D eigenvalue weighted by atomic mass is 9.78. The van der Waals surface area contributed by atoms with Gasteiger partial charge in [-0.05, 0) is 25.2 Å². The van der Waals surface area contributed by atoms with E-state index in [1.807, 2.05) is 0 Å². The molecule has 1 rings (SSSR count). The second-order valence-electron chi connectivity index (χ2n) is 5.78. The van der Waals surface area contributed by atoms with E-state index in [0.717, 1.165) is 32.2 Å². The highest BCUT2D eigenvalue weighted by molar-refractivity contribution is 5.84. The molecule has 0 aliphatic heterocycles. The Morgan fingerprint density at radius 2 is 1.78 bits per heavy atom. The molecule has 18 heavy (non-hydrogen) atoms. The number of hydrogen-bond acceptors (Lipinski definition) is 2. The summed E-state index contributed by atoms with van der Waals surface area (Å²) in [4.78, 5) is 25.2. The number of carbonyl (C=O) groups excluding carboxylic acids is 1. The minimum atomic E-state index is -0.815.